The van der Waals surface area contributed by atoms with Crippen LogP contribution in [-0.2, 0) is 10.8 Å². The van der Waals surface area contributed by atoms with Gasteiger partial charge in [0.15, 0.2) is 0 Å². The summed E-state index contributed by atoms with van der Waals surface area (Å²) >= 11 is 0. The van der Waals surface area contributed by atoms with Gasteiger partial charge in [0.1, 0.15) is 22.9 Å². The Hall–Kier alpha value is -10.4. The van der Waals surface area contributed by atoms with Crippen molar-refractivity contribution in [2.75, 3.05) is 0 Å². The van der Waals surface area contributed by atoms with Crippen LogP contribution < -0.4 is 0 Å². The van der Waals surface area contributed by atoms with Gasteiger partial charge in [-0.3, -0.25) is 13.8 Å². The zero-order chi connectivity index (χ0) is 58.6. The molecule has 0 saturated carbocycles. The van der Waals surface area contributed by atoms with E-state index in [9.17, 15) is 0 Å². The van der Waals surface area contributed by atoms with Crippen molar-refractivity contribution in [3.05, 3.63) is 260 Å². The maximum atomic E-state index is 5.40. The Morgan fingerprint density at radius 2 is 0.721 bits per heavy atom. The van der Waals surface area contributed by atoms with Gasteiger partial charge >= 0.3 is 0 Å². The highest BCUT2D eigenvalue weighted by atomic mass is 15.1. The van der Waals surface area contributed by atoms with E-state index in [1.807, 2.05) is 0 Å². The maximum absolute atomic E-state index is 5.40. The molecule has 0 amide bonds. The number of benzene rings is 10. The number of nitrogens with zero attached hydrogens (tertiary/aromatic N) is 7. The zero-order valence-electron chi connectivity index (χ0n) is 49.6. The molecule has 0 saturated heterocycles. The summed E-state index contributed by atoms with van der Waals surface area (Å²) in [5.74, 6) is 1.95. The molecule has 5 heterocycles. The lowest BCUT2D eigenvalue weighted by atomic mass is 9.85. The highest BCUT2D eigenvalue weighted by molar-refractivity contribution is 6.09. The van der Waals surface area contributed by atoms with E-state index in [2.05, 4.69) is 301 Å². The van der Waals surface area contributed by atoms with Crippen LogP contribution in [0.4, 0.5) is 0 Å². The molecule has 0 unspecified atom stereocenters. The van der Waals surface area contributed by atoms with Crippen molar-refractivity contribution in [2.45, 2.75) is 66.2 Å². The lowest BCUT2D eigenvalue weighted by Gasteiger charge is -2.21. The molecule has 7 heteroatoms. The van der Waals surface area contributed by atoms with Gasteiger partial charge in [0.25, 0.3) is 0 Å². The lowest BCUT2D eigenvalue weighted by Crippen LogP contribution is -2.18. The summed E-state index contributed by atoms with van der Waals surface area (Å²) < 4.78 is 4.34. The van der Waals surface area contributed by atoms with Gasteiger partial charge in [-0.05, 0) is 162 Å². The molecule has 0 aliphatic carbocycles. The van der Waals surface area contributed by atoms with Crippen LogP contribution in [0, 0.1) is 13.8 Å². The fourth-order valence-corrected chi connectivity index (χ4v) is 12.9. The van der Waals surface area contributed by atoms with Crippen molar-refractivity contribution >= 4 is 54.6 Å². The van der Waals surface area contributed by atoms with Gasteiger partial charge in [-0.25, -0.2) is 19.9 Å². The second-order valence-electron chi connectivity index (χ2n) is 25.1. The van der Waals surface area contributed by atoms with Crippen molar-refractivity contribution in [3.63, 3.8) is 0 Å². The largest absolute Gasteiger partial charge is 0.287 e. The summed E-state index contributed by atoms with van der Waals surface area (Å²) in [6.07, 6.45) is 6.30. The standard InChI is InChI=1S/C79H63N7/c1-48-46-85-74(81-48)67-36-33-54(42-72(67)83-76(85)78(3,4)5)60-24-14-16-26-62(60)56-39-57(63-27-17-15-25-61(63)55-34-37-68-73(43-55)84-77(79(6,7)8)86-47-49(2)82-75(68)86)41-58(40-56)64-28-18-19-29-66(64)70-45-80-71(51-21-10-9-11-22-51)44-69(70)53-32-35-65-52(38-53)31-30-50-20-12-13-23-59(50)65/h9-47H,1-8H3. The second-order valence-corrected chi connectivity index (χ2v) is 25.1. The molecule has 15 aromatic rings. The molecule has 10 aromatic carbocycles. The number of aromatic nitrogens is 7. The van der Waals surface area contributed by atoms with Gasteiger partial charge in [-0.1, -0.05) is 205 Å². The van der Waals surface area contributed by atoms with Crippen LogP contribution in [0.1, 0.15) is 64.6 Å². The van der Waals surface area contributed by atoms with Crippen molar-refractivity contribution in [1.29, 1.82) is 0 Å². The van der Waals surface area contributed by atoms with E-state index in [4.69, 9.17) is 24.9 Å². The van der Waals surface area contributed by atoms with E-state index in [-0.39, 0.29) is 10.8 Å². The number of rotatable bonds is 8. The average Bonchev–Trinajstić information content (AvgIpc) is 1.62. The number of hydrogen-bond acceptors (Lipinski definition) is 5. The number of aryl methyl sites for hydroxylation is 2. The summed E-state index contributed by atoms with van der Waals surface area (Å²) in [4.78, 5) is 26.1. The molecule has 0 aliphatic heterocycles. The first-order valence-electron chi connectivity index (χ1n) is 29.7. The molecule has 0 atom stereocenters. The molecule has 0 fully saturated rings. The quantitative estimate of drug-likeness (QED) is 0.142. The number of hydrogen-bond donors (Lipinski definition) is 0. The zero-order valence-corrected chi connectivity index (χ0v) is 49.6. The molecule has 0 radical (unpaired) electrons. The van der Waals surface area contributed by atoms with Crippen LogP contribution in [-0.4, -0.2) is 33.7 Å². The summed E-state index contributed by atoms with van der Waals surface area (Å²) in [5, 5.41) is 6.95. The van der Waals surface area contributed by atoms with E-state index < -0.39 is 0 Å². The fraction of sp³-hybridized carbons (Fsp3) is 0.127. The Bertz CT molecular complexity index is 5030. The Labute approximate surface area is 501 Å². The van der Waals surface area contributed by atoms with Crippen LogP contribution in [0.2, 0.25) is 0 Å². The maximum Gasteiger partial charge on any atom is 0.147 e. The first-order valence-corrected chi connectivity index (χ1v) is 29.7. The monoisotopic (exact) mass is 1110 g/mol. The van der Waals surface area contributed by atoms with E-state index in [0.29, 0.717) is 0 Å². The average molecular weight is 1110 g/mol. The van der Waals surface area contributed by atoms with Crippen molar-refractivity contribution < 1.29 is 0 Å². The Balaban J connectivity index is 0.949. The molecular weight excluding hydrogens is 1050 g/mol. The first kappa shape index (κ1) is 52.4. The molecule has 86 heavy (non-hydrogen) atoms. The van der Waals surface area contributed by atoms with Crippen LogP contribution in [0.25, 0.3) is 144 Å². The molecular formula is C79H63N7. The number of imidazole rings is 2. The first-order chi connectivity index (χ1) is 41.7. The fourth-order valence-electron chi connectivity index (χ4n) is 12.9. The molecule has 7 nitrogen and oxygen atoms in total. The smallest absolute Gasteiger partial charge is 0.147 e. The lowest BCUT2D eigenvalue weighted by molar-refractivity contribution is 0.539. The molecule has 0 spiro atoms. The van der Waals surface area contributed by atoms with Crippen molar-refractivity contribution in [3.8, 4) is 89.1 Å². The highest BCUT2D eigenvalue weighted by Crippen LogP contribution is 2.46. The predicted octanol–water partition coefficient (Wildman–Crippen LogP) is 20.3. The number of pyridine rings is 1. The van der Waals surface area contributed by atoms with Gasteiger partial charge in [-0.2, -0.15) is 0 Å². The summed E-state index contributed by atoms with van der Waals surface area (Å²) in [6, 6.07) is 79.9. The topological polar surface area (TPSA) is 73.3 Å². The highest BCUT2D eigenvalue weighted by Gasteiger charge is 2.25. The minimum Gasteiger partial charge on any atom is -0.287 e. The van der Waals surface area contributed by atoms with Gasteiger partial charge < -0.3 is 0 Å². The molecule has 414 valence electrons. The Morgan fingerprint density at radius 1 is 0.302 bits per heavy atom. The van der Waals surface area contributed by atoms with Crippen molar-refractivity contribution in [1.82, 2.24) is 33.7 Å². The van der Waals surface area contributed by atoms with Crippen molar-refractivity contribution in [2.24, 2.45) is 0 Å². The van der Waals surface area contributed by atoms with Crippen LogP contribution in [0.15, 0.2) is 237 Å². The summed E-state index contributed by atoms with van der Waals surface area (Å²) in [7, 11) is 0. The van der Waals surface area contributed by atoms with E-state index in [1.165, 1.54) is 21.5 Å². The third-order valence-corrected chi connectivity index (χ3v) is 17.0. The van der Waals surface area contributed by atoms with Gasteiger partial charge in [0.05, 0.1) is 28.1 Å². The van der Waals surface area contributed by atoms with E-state index in [1.54, 1.807) is 0 Å². The molecule has 0 N–H and O–H groups in total. The molecule has 5 aromatic heterocycles. The van der Waals surface area contributed by atoms with Crippen LogP contribution >= 0.6 is 0 Å². The predicted molar refractivity (Wildman–Crippen MR) is 358 cm³/mol. The minimum atomic E-state index is -0.216. The second kappa shape index (κ2) is 20.2. The third kappa shape index (κ3) is 9.10. The molecule has 15 rings (SSSR count). The van der Waals surface area contributed by atoms with E-state index in [0.717, 1.165) is 145 Å². The van der Waals surface area contributed by atoms with Gasteiger partial charge in [0.2, 0.25) is 0 Å². The third-order valence-electron chi connectivity index (χ3n) is 17.0. The van der Waals surface area contributed by atoms with Crippen LogP contribution in [0.5, 0.6) is 0 Å². The molecule has 0 aliphatic rings. The summed E-state index contributed by atoms with van der Waals surface area (Å²) in [6.45, 7) is 17.4. The van der Waals surface area contributed by atoms with Gasteiger partial charge in [0, 0.05) is 51.3 Å². The number of fused-ring (bicyclic) bond motifs is 9. The summed E-state index contributed by atoms with van der Waals surface area (Å²) in [5.41, 5.74) is 22.5. The van der Waals surface area contributed by atoms with Gasteiger partial charge in [-0.15, -0.1) is 0 Å². The van der Waals surface area contributed by atoms with Crippen LogP contribution in [0.3, 0.4) is 0 Å². The minimum absolute atomic E-state index is 0.216. The Morgan fingerprint density at radius 3 is 1.24 bits per heavy atom. The SMILES string of the molecule is Cc1cn2c(C(C)(C)C)nc3cc(-c4ccccc4-c4cc(-c5ccccc5-c5ccc6c(c5)nc(C(C)(C)C)n5cc(C)nc65)cc(-c5ccccc5-c5cnc(-c6ccccc6)cc5-c5ccc6c(ccc7ccccc76)c5)c4)ccc3c2n1. The molecule has 0 bridgehead atoms. The van der Waals surface area contributed by atoms with E-state index >= 15 is 0 Å². The Kier molecular flexibility index (Phi) is 12.3. The normalized spacial score (nSPS) is 12.2.